The van der Waals surface area contributed by atoms with Gasteiger partial charge in [-0.1, -0.05) is 23.9 Å². The number of aromatic hydroxyl groups is 1. The summed E-state index contributed by atoms with van der Waals surface area (Å²) in [6.45, 7) is 2.05. The lowest BCUT2D eigenvalue weighted by molar-refractivity contribution is -0.113. The predicted octanol–water partition coefficient (Wildman–Crippen LogP) is 3.08. The van der Waals surface area contributed by atoms with Gasteiger partial charge in [0, 0.05) is 5.69 Å². The predicted molar refractivity (Wildman–Crippen MR) is 105 cm³/mol. The van der Waals surface area contributed by atoms with E-state index >= 15 is 0 Å². The van der Waals surface area contributed by atoms with Gasteiger partial charge in [0.2, 0.25) is 11.1 Å². The number of phenolic OH excluding ortho intramolecular Hbond substituents is 1. The van der Waals surface area contributed by atoms with Crippen molar-refractivity contribution in [3.8, 4) is 17.1 Å². The highest BCUT2D eigenvalue weighted by molar-refractivity contribution is 7.99. The van der Waals surface area contributed by atoms with Crippen LogP contribution in [0, 0.1) is 0 Å². The minimum absolute atomic E-state index is 0.0965. The summed E-state index contributed by atoms with van der Waals surface area (Å²) in [5.41, 5.74) is 1.53. The second kappa shape index (κ2) is 9.05. The van der Waals surface area contributed by atoms with Crippen molar-refractivity contribution in [2.24, 2.45) is 0 Å². The molecule has 0 aliphatic heterocycles. The highest BCUT2D eigenvalue weighted by Crippen LogP contribution is 2.26. The Labute approximate surface area is 165 Å². The van der Waals surface area contributed by atoms with Crippen molar-refractivity contribution in [3.63, 3.8) is 0 Å². The molecule has 1 heterocycles. The van der Waals surface area contributed by atoms with Gasteiger partial charge in [-0.15, -0.1) is 5.10 Å². The van der Waals surface area contributed by atoms with Crippen LogP contribution >= 0.6 is 11.8 Å². The molecule has 0 radical (unpaired) electrons. The molecule has 9 heteroatoms. The normalized spacial score (nSPS) is 10.5. The maximum atomic E-state index is 12.1. The molecule has 3 rings (SSSR count). The number of amides is 1. The first-order valence-electron chi connectivity index (χ1n) is 8.47. The lowest BCUT2D eigenvalue weighted by Gasteiger charge is -2.05. The van der Waals surface area contributed by atoms with Crippen LogP contribution in [0.2, 0.25) is 0 Å². The zero-order valence-corrected chi connectivity index (χ0v) is 15.8. The maximum absolute atomic E-state index is 12.1. The monoisotopic (exact) mass is 398 g/mol. The number of esters is 1. The van der Waals surface area contributed by atoms with Crippen LogP contribution in [0.3, 0.4) is 0 Å². The van der Waals surface area contributed by atoms with Crippen LogP contribution in [0.5, 0.6) is 5.75 Å². The van der Waals surface area contributed by atoms with E-state index in [1.165, 1.54) is 0 Å². The van der Waals surface area contributed by atoms with Gasteiger partial charge in [0.15, 0.2) is 5.82 Å². The van der Waals surface area contributed by atoms with Crippen LogP contribution in [0.1, 0.15) is 17.3 Å². The molecule has 28 heavy (non-hydrogen) atoms. The lowest BCUT2D eigenvalue weighted by atomic mass is 10.2. The first-order chi connectivity index (χ1) is 13.6. The molecule has 3 N–H and O–H groups in total. The van der Waals surface area contributed by atoms with Crippen LogP contribution in [0.4, 0.5) is 5.69 Å². The second-order valence-electron chi connectivity index (χ2n) is 5.62. The molecule has 1 aromatic heterocycles. The molecule has 144 valence electrons. The van der Waals surface area contributed by atoms with Crippen LogP contribution in [-0.4, -0.2) is 44.5 Å². The van der Waals surface area contributed by atoms with E-state index in [-0.39, 0.29) is 17.4 Å². The van der Waals surface area contributed by atoms with Crippen LogP contribution < -0.4 is 5.32 Å². The van der Waals surface area contributed by atoms with Crippen LogP contribution in [-0.2, 0) is 9.53 Å². The van der Waals surface area contributed by atoms with Gasteiger partial charge in [-0.05, 0) is 43.3 Å². The number of ether oxygens (including phenoxy) is 1. The summed E-state index contributed by atoms with van der Waals surface area (Å²) in [6, 6.07) is 13.2. The molecule has 0 atom stereocenters. The molecule has 0 saturated heterocycles. The van der Waals surface area contributed by atoms with Gasteiger partial charge >= 0.3 is 5.97 Å². The van der Waals surface area contributed by atoms with E-state index < -0.39 is 5.97 Å². The number of anilines is 1. The smallest absolute Gasteiger partial charge is 0.338 e. The van der Waals surface area contributed by atoms with Gasteiger partial charge in [0.05, 0.1) is 23.5 Å². The SMILES string of the molecule is CCOC(=O)c1ccc(NC(=O)CSc2n[nH]c(-c3ccccc3O)n2)cc1. The fourth-order valence-corrected chi connectivity index (χ4v) is 2.93. The molecule has 1 amide bonds. The minimum Gasteiger partial charge on any atom is -0.507 e. The standard InChI is InChI=1S/C19H18N4O4S/c1-2-27-18(26)12-7-9-13(10-8-12)20-16(25)11-28-19-21-17(22-23-19)14-5-3-4-6-15(14)24/h3-10,24H,2,11H2,1H3,(H,20,25)(H,21,22,23). The summed E-state index contributed by atoms with van der Waals surface area (Å²) < 4.78 is 4.92. The van der Waals surface area contributed by atoms with Crippen molar-refractivity contribution in [1.29, 1.82) is 0 Å². The third kappa shape index (κ3) is 4.89. The third-order valence-corrected chi connectivity index (χ3v) is 4.48. The molecule has 0 bridgehead atoms. The molecule has 0 spiro atoms. The Balaban J connectivity index is 1.54. The van der Waals surface area contributed by atoms with Gasteiger partial charge in [-0.25, -0.2) is 9.78 Å². The van der Waals surface area contributed by atoms with E-state index in [2.05, 4.69) is 20.5 Å². The van der Waals surface area contributed by atoms with Gasteiger partial charge in [-0.3, -0.25) is 9.89 Å². The number of aromatic nitrogens is 3. The molecular weight excluding hydrogens is 380 g/mol. The van der Waals surface area contributed by atoms with E-state index in [4.69, 9.17) is 4.74 Å². The molecule has 0 aliphatic carbocycles. The van der Waals surface area contributed by atoms with Crippen molar-refractivity contribution in [1.82, 2.24) is 15.2 Å². The Hall–Kier alpha value is -3.33. The number of carbonyl (C=O) groups is 2. The summed E-state index contributed by atoms with van der Waals surface area (Å²) in [5, 5.41) is 19.8. The zero-order chi connectivity index (χ0) is 19.9. The molecule has 2 aromatic carbocycles. The number of benzene rings is 2. The number of hydrogen-bond donors (Lipinski definition) is 3. The molecule has 0 saturated carbocycles. The Morgan fingerprint density at radius 2 is 1.93 bits per heavy atom. The molecule has 0 aliphatic rings. The number of nitrogens with zero attached hydrogens (tertiary/aromatic N) is 2. The first kappa shape index (κ1) is 19.4. The molecule has 3 aromatic rings. The van der Waals surface area contributed by atoms with Crippen molar-refractivity contribution in [3.05, 3.63) is 54.1 Å². The van der Waals surface area contributed by atoms with Crippen molar-refractivity contribution in [2.75, 3.05) is 17.7 Å². The lowest BCUT2D eigenvalue weighted by Crippen LogP contribution is -2.14. The van der Waals surface area contributed by atoms with Crippen molar-refractivity contribution < 1.29 is 19.4 Å². The molecule has 8 nitrogen and oxygen atoms in total. The van der Waals surface area contributed by atoms with E-state index in [0.29, 0.717) is 34.4 Å². The number of nitrogens with one attached hydrogen (secondary N) is 2. The van der Waals surface area contributed by atoms with Gasteiger partial charge in [0.1, 0.15) is 5.75 Å². The Morgan fingerprint density at radius 1 is 1.18 bits per heavy atom. The fraction of sp³-hybridized carbons (Fsp3) is 0.158. The molecule has 0 fully saturated rings. The van der Waals surface area contributed by atoms with Crippen LogP contribution in [0.25, 0.3) is 11.4 Å². The van der Waals surface area contributed by atoms with Gasteiger partial charge in [0.25, 0.3) is 0 Å². The number of rotatable bonds is 7. The molecular formula is C19H18N4O4S. The fourth-order valence-electron chi connectivity index (χ4n) is 2.34. The largest absolute Gasteiger partial charge is 0.507 e. The second-order valence-corrected chi connectivity index (χ2v) is 6.56. The zero-order valence-electron chi connectivity index (χ0n) is 15.0. The highest BCUT2D eigenvalue weighted by Gasteiger charge is 2.12. The van der Waals surface area contributed by atoms with Gasteiger partial charge in [-0.2, -0.15) is 0 Å². The Bertz CT molecular complexity index is 972. The number of H-pyrrole nitrogens is 1. The van der Waals surface area contributed by atoms with E-state index in [1.807, 2.05) is 0 Å². The van der Waals surface area contributed by atoms with Crippen LogP contribution in [0.15, 0.2) is 53.7 Å². The summed E-state index contributed by atoms with van der Waals surface area (Å²) in [7, 11) is 0. The number of carbonyl (C=O) groups excluding carboxylic acids is 2. The van der Waals surface area contributed by atoms with Gasteiger partial charge < -0.3 is 15.2 Å². The summed E-state index contributed by atoms with van der Waals surface area (Å²) in [4.78, 5) is 28.0. The maximum Gasteiger partial charge on any atom is 0.338 e. The highest BCUT2D eigenvalue weighted by atomic mass is 32.2. The van der Waals surface area contributed by atoms with Crippen molar-refractivity contribution in [2.45, 2.75) is 12.1 Å². The number of aromatic amines is 1. The van der Waals surface area contributed by atoms with E-state index in [0.717, 1.165) is 11.8 Å². The molecule has 0 unspecified atom stereocenters. The number of phenols is 1. The third-order valence-electron chi connectivity index (χ3n) is 3.64. The minimum atomic E-state index is -0.402. The number of thioether (sulfide) groups is 1. The number of para-hydroxylation sites is 1. The Morgan fingerprint density at radius 3 is 2.64 bits per heavy atom. The summed E-state index contributed by atoms with van der Waals surface area (Å²) in [5.74, 6) is -0.00381. The Kier molecular flexibility index (Phi) is 6.28. The van der Waals surface area contributed by atoms with Crippen molar-refractivity contribution >= 4 is 29.3 Å². The quantitative estimate of drug-likeness (QED) is 0.413. The average Bonchev–Trinajstić information content (AvgIpc) is 3.16. The van der Waals surface area contributed by atoms with E-state index in [9.17, 15) is 14.7 Å². The van der Waals surface area contributed by atoms with E-state index in [1.54, 1.807) is 55.5 Å². The summed E-state index contributed by atoms with van der Waals surface area (Å²) in [6.07, 6.45) is 0. The number of hydrogen-bond acceptors (Lipinski definition) is 7. The first-order valence-corrected chi connectivity index (χ1v) is 9.46. The average molecular weight is 398 g/mol. The topological polar surface area (TPSA) is 117 Å². The summed E-state index contributed by atoms with van der Waals surface area (Å²) >= 11 is 1.16.